The Balaban J connectivity index is 1.67. The van der Waals surface area contributed by atoms with Crippen LogP contribution in [0.2, 0.25) is 0 Å². The molecule has 2 aliphatic heterocycles. The summed E-state index contributed by atoms with van der Waals surface area (Å²) in [5.41, 5.74) is 2.90. The van der Waals surface area contributed by atoms with Gasteiger partial charge in [0.15, 0.2) is 7.28 Å². The van der Waals surface area contributed by atoms with Crippen LogP contribution in [0.25, 0.3) is 0 Å². The van der Waals surface area contributed by atoms with Gasteiger partial charge in [0.25, 0.3) is 23.6 Å². The summed E-state index contributed by atoms with van der Waals surface area (Å²) in [6.07, 6.45) is 0. The number of benzene rings is 2. The first-order chi connectivity index (χ1) is 11.5. The number of nitrogens with zero attached hydrogens (tertiary/aromatic N) is 1. The summed E-state index contributed by atoms with van der Waals surface area (Å²) in [6, 6.07) is 9.95. The predicted molar refractivity (Wildman–Crippen MR) is 86.1 cm³/mol. The molecule has 7 heteroatoms. The summed E-state index contributed by atoms with van der Waals surface area (Å²) in [5.74, 6) is -1.45. The molecule has 4 amide bonds. The van der Waals surface area contributed by atoms with Gasteiger partial charge in [-0.1, -0.05) is 35.2 Å². The van der Waals surface area contributed by atoms with Crippen LogP contribution in [0.4, 0.5) is 0 Å². The fraction of sp³-hybridized carbons (Fsp3) is 0.0588. The smallest absolute Gasteiger partial charge is 0.261 e. The Morgan fingerprint density at radius 1 is 0.750 bits per heavy atom. The summed E-state index contributed by atoms with van der Waals surface area (Å²) >= 11 is 0. The molecular weight excluding hydrogens is 307 g/mol. The van der Waals surface area contributed by atoms with Gasteiger partial charge in [-0.05, 0) is 12.1 Å². The molecule has 4 rings (SSSR count). The van der Waals surface area contributed by atoms with E-state index in [1.165, 1.54) is 7.05 Å². The van der Waals surface area contributed by atoms with Crippen LogP contribution in [0.5, 0.6) is 0 Å². The van der Waals surface area contributed by atoms with Crippen molar-refractivity contribution in [2.75, 3.05) is 7.05 Å². The summed E-state index contributed by atoms with van der Waals surface area (Å²) in [5, 5.41) is 2.24. The van der Waals surface area contributed by atoms with E-state index in [9.17, 15) is 19.2 Å². The van der Waals surface area contributed by atoms with Crippen LogP contribution >= 0.6 is 0 Å². The molecule has 0 bridgehead atoms. The summed E-state index contributed by atoms with van der Waals surface area (Å²) in [6.45, 7) is 0. The van der Waals surface area contributed by atoms with Crippen molar-refractivity contribution in [1.82, 2.24) is 10.2 Å². The standard InChI is InChI=1S/C17H10BN2O4/c1-20-16(23)11-5-3-9(7-13(11)17(20)24)18-8-2-4-10-12(6-8)15(22)19-14(10)21/h2-7H,1H3,(H,19,21,22). The Morgan fingerprint density at radius 3 is 2.00 bits per heavy atom. The van der Waals surface area contributed by atoms with E-state index in [1.807, 2.05) is 0 Å². The van der Waals surface area contributed by atoms with Gasteiger partial charge in [0, 0.05) is 7.05 Å². The molecule has 0 unspecified atom stereocenters. The van der Waals surface area contributed by atoms with Gasteiger partial charge < -0.3 is 0 Å². The Morgan fingerprint density at radius 2 is 1.29 bits per heavy atom. The van der Waals surface area contributed by atoms with Gasteiger partial charge in [-0.25, -0.2) is 0 Å². The molecule has 2 aromatic rings. The minimum absolute atomic E-state index is 0.311. The molecule has 1 radical (unpaired) electrons. The highest BCUT2D eigenvalue weighted by Crippen LogP contribution is 2.20. The lowest BCUT2D eigenvalue weighted by atomic mass is 9.63. The maximum Gasteiger partial charge on any atom is 0.261 e. The molecule has 115 valence electrons. The maximum atomic E-state index is 12.0. The second kappa shape index (κ2) is 4.89. The number of hydrogen-bond donors (Lipinski definition) is 1. The number of nitrogens with one attached hydrogen (secondary N) is 1. The molecule has 0 fully saturated rings. The zero-order valence-electron chi connectivity index (χ0n) is 12.6. The number of carbonyl (C=O) groups excluding carboxylic acids is 4. The van der Waals surface area contributed by atoms with E-state index in [-0.39, 0.29) is 11.8 Å². The van der Waals surface area contributed by atoms with E-state index in [0.29, 0.717) is 22.3 Å². The van der Waals surface area contributed by atoms with Crippen molar-refractivity contribution >= 4 is 41.8 Å². The van der Waals surface area contributed by atoms with Gasteiger partial charge in [0.2, 0.25) is 0 Å². The van der Waals surface area contributed by atoms with E-state index in [4.69, 9.17) is 0 Å². The van der Waals surface area contributed by atoms with E-state index >= 15 is 0 Å². The van der Waals surface area contributed by atoms with Gasteiger partial charge in [0.1, 0.15) is 0 Å². The van der Waals surface area contributed by atoms with Crippen molar-refractivity contribution in [1.29, 1.82) is 0 Å². The lowest BCUT2D eigenvalue weighted by molar-refractivity contribution is 0.0692. The molecule has 6 nitrogen and oxygen atoms in total. The third-order valence-corrected chi connectivity index (χ3v) is 4.21. The zero-order chi connectivity index (χ0) is 17.0. The molecule has 2 heterocycles. The second-order valence-corrected chi connectivity index (χ2v) is 5.71. The number of amides is 4. The van der Waals surface area contributed by atoms with Crippen LogP contribution < -0.4 is 16.2 Å². The highest BCUT2D eigenvalue weighted by Gasteiger charge is 2.32. The summed E-state index contributed by atoms with van der Waals surface area (Å²) in [7, 11) is 3.23. The lowest BCUT2D eigenvalue weighted by Crippen LogP contribution is -2.28. The van der Waals surface area contributed by atoms with E-state index < -0.39 is 11.8 Å². The van der Waals surface area contributed by atoms with Gasteiger partial charge in [-0.2, -0.15) is 0 Å². The number of imide groups is 2. The topological polar surface area (TPSA) is 83.6 Å². The molecule has 0 atom stereocenters. The van der Waals surface area contributed by atoms with Crippen molar-refractivity contribution in [2.24, 2.45) is 0 Å². The molecule has 0 saturated carbocycles. The van der Waals surface area contributed by atoms with E-state index in [2.05, 4.69) is 5.32 Å². The monoisotopic (exact) mass is 317 g/mol. The molecule has 2 aliphatic rings. The van der Waals surface area contributed by atoms with E-state index in [1.54, 1.807) is 43.7 Å². The first-order valence-corrected chi connectivity index (χ1v) is 7.26. The average Bonchev–Trinajstić information content (AvgIpc) is 2.97. The summed E-state index contributed by atoms with van der Waals surface area (Å²) in [4.78, 5) is 48.3. The van der Waals surface area contributed by atoms with Crippen molar-refractivity contribution < 1.29 is 19.2 Å². The van der Waals surface area contributed by atoms with Crippen LogP contribution in [0.15, 0.2) is 36.4 Å². The molecule has 0 spiro atoms. The molecule has 2 aromatic carbocycles. The zero-order valence-corrected chi connectivity index (χ0v) is 12.6. The molecular formula is C17H10BN2O4. The highest BCUT2D eigenvalue weighted by atomic mass is 16.2. The number of fused-ring (bicyclic) bond motifs is 2. The minimum Gasteiger partial charge on any atom is -0.288 e. The van der Waals surface area contributed by atoms with Crippen molar-refractivity contribution in [3.8, 4) is 0 Å². The SMILES string of the molecule is CN1C(=O)c2ccc([B]c3ccc4c(c3)C(=O)NC4=O)cc2C1=O. The highest BCUT2D eigenvalue weighted by molar-refractivity contribution is 6.67. The van der Waals surface area contributed by atoms with Crippen LogP contribution in [-0.4, -0.2) is 42.9 Å². The van der Waals surface area contributed by atoms with Gasteiger partial charge in [0.05, 0.1) is 22.3 Å². The van der Waals surface area contributed by atoms with Crippen LogP contribution in [0, 0.1) is 0 Å². The quantitative estimate of drug-likeness (QED) is 0.595. The Labute approximate surface area is 137 Å². The third kappa shape index (κ3) is 1.98. The molecule has 0 saturated heterocycles. The first kappa shape index (κ1) is 14.4. The van der Waals surface area contributed by atoms with Crippen molar-refractivity contribution in [3.05, 3.63) is 58.7 Å². The van der Waals surface area contributed by atoms with Crippen LogP contribution in [0.1, 0.15) is 41.4 Å². The maximum absolute atomic E-state index is 12.0. The van der Waals surface area contributed by atoms with Crippen molar-refractivity contribution in [3.63, 3.8) is 0 Å². The Hall–Kier alpha value is -3.22. The number of hydrogen-bond acceptors (Lipinski definition) is 4. The van der Waals surface area contributed by atoms with Gasteiger partial charge in [-0.15, -0.1) is 0 Å². The van der Waals surface area contributed by atoms with Gasteiger partial charge >= 0.3 is 0 Å². The minimum atomic E-state index is -0.415. The number of rotatable bonds is 2. The fourth-order valence-corrected chi connectivity index (χ4v) is 2.94. The fourth-order valence-electron chi connectivity index (χ4n) is 2.94. The molecule has 0 aliphatic carbocycles. The molecule has 1 N–H and O–H groups in total. The van der Waals surface area contributed by atoms with Gasteiger partial charge in [-0.3, -0.25) is 29.4 Å². The molecule has 24 heavy (non-hydrogen) atoms. The average molecular weight is 317 g/mol. The number of carbonyl (C=O) groups is 4. The largest absolute Gasteiger partial charge is 0.288 e. The van der Waals surface area contributed by atoms with Crippen LogP contribution in [0.3, 0.4) is 0 Å². The summed E-state index contributed by atoms with van der Waals surface area (Å²) < 4.78 is 0. The predicted octanol–water partition coefficient (Wildman–Crippen LogP) is -0.549. The normalized spacial score (nSPS) is 15.5. The van der Waals surface area contributed by atoms with Crippen molar-refractivity contribution in [2.45, 2.75) is 0 Å². The second-order valence-electron chi connectivity index (χ2n) is 5.71. The van der Waals surface area contributed by atoms with Crippen LogP contribution in [-0.2, 0) is 0 Å². The Kier molecular flexibility index (Phi) is 2.93. The third-order valence-electron chi connectivity index (χ3n) is 4.21. The first-order valence-electron chi connectivity index (χ1n) is 7.26. The van der Waals surface area contributed by atoms with E-state index in [0.717, 1.165) is 15.8 Å². The lowest BCUT2D eigenvalue weighted by Gasteiger charge is -2.04. The molecule has 0 aromatic heterocycles. The Bertz CT molecular complexity index is 967.